The molecule has 0 saturated carbocycles. The number of carbonyl (C=O) groups excluding carboxylic acids is 2. The lowest BCUT2D eigenvalue weighted by Crippen LogP contribution is -2.35. The molecule has 0 fully saturated rings. The van der Waals surface area contributed by atoms with Gasteiger partial charge in [0.25, 0.3) is 5.91 Å². The van der Waals surface area contributed by atoms with E-state index in [1.807, 2.05) is 0 Å². The lowest BCUT2D eigenvalue weighted by Gasteiger charge is -2.07. The van der Waals surface area contributed by atoms with Crippen molar-refractivity contribution in [2.24, 2.45) is 0 Å². The fourth-order valence-electron chi connectivity index (χ4n) is 1.26. The third-order valence-corrected chi connectivity index (χ3v) is 2.07. The van der Waals surface area contributed by atoms with Crippen LogP contribution in [0, 0.1) is 5.82 Å². The van der Waals surface area contributed by atoms with Crippen LogP contribution in [0.3, 0.4) is 0 Å². The fourth-order valence-corrected chi connectivity index (χ4v) is 1.26. The van der Waals surface area contributed by atoms with E-state index in [9.17, 15) is 14.0 Å². The molecule has 0 bridgehead atoms. The largest absolute Gasteiger partial charge is 0.450 e. The molecule has 2 amide bonds. The van der Waals surface area contributed by atoms with E-state index >= 15 is 0 Å². The normalized spacial score (nSPS) is 9.67. The summed E-state index contributed by atoms with van der Waals surface area (Å²) >= 11 is 0. The van der Waals surface area contributed by atoms with Crippen molar-refractivity contribution in [3.8, 4) is 0 Å². The quantitative estimate of drug-likeness (QED) is 0.778. The predicted molar refractivity (Wildman–Crippen MR) is 63.8 cm³/mol. The maximum Gasteiger partial charge on any atom is 0.407 e. The van der Waals surface area contributed by atoms with Gasteiger partial charge in [-0.25, -0.2) is 9.18 Å². The van der Waals surface area contributed by atoms with Crippen LogP contribution >= 0.6 is 0 Å². The van der Waals surface area contributed by atoms with Crippen LogP contribution < -0.4 is 10.6 Å². The Morgan fingerprint density at radius 2 is 1.89 bits per heavy atom. The predicted octanol–water partition coefficient (Wildman–Crippen LogP) is 1.30. The van der Waals surface area contributed by atoms with Crippen LogP contribution in [0.1, 0.15) is 17.3 Å². The summed E-state index contributed by atoms with van der Waals surface area (Å²) in [5.41, 5.74) is -0.0198. The Labute approximate surface area is 104 Å². The third-order valence-electron chi connectivity index (χ3n) is 2.07. The van der Waals surface area contributed by atoms with Crippen LogP contribution in [-0.4, -0.2) is 31.7 Å². The van der Waals surface area contributed by atoms with Crippen LogP contribution in [0.15, 0.2) is 24.3 Å². The standard InChI is InChI=1S/C12H15FN2O3/c1-2-18-12(17)15-8-7-14-11(16)9-5-3-4-6-10(9)13/h3-6H,2,7-8H2,1H3,(H,14,16)(H,15,17). The van der Waals surface area contributed by atoms with Crippen LogP contribution in [0.4, 0.5) is 9.18 Å². The molecule has 0 spiro atoms. The second-order valence-corrected chi connectivity index (χ2v) is 3.38. The third kappa shape index (κ3) is 4.40. The Balaban J connectivity index is 2.30. The topological polar surface area (TPSA) is 67.4 Å². The molecule has 0 aromatic heterocycles. The van der Waals surface area contributed by atoms with Crippen molar-refractivity contribution >= 4 is 12.0 Å². The second-order valence-electron chi connectivity index (χ2n) is 3.38. The van der Waals surface area contributed by atoms with Crippen molar-refractivity contribution < 1.29 is 18.7 Å². The van der Waals surface area contributed by atoms with Crippen LogP contribution in [0.2, 0.25) is 0 Å². The summed E-state index contributed by atoms with van der Waals surface area (Å²) in [7, 11) is 0. The number of hydrogen-bond donors (Lipinski definition) is 2. The van der Waals surface area contributed by atoms with Crippen molar-refractivity contribution in [1.82, 2.24) is 10.6 Å². The van der Waals surface area contributed by atoms with Gasteiger partial charge >= 0.3 is 6.09 Å². The molecule has 0 unspecified atom stereocenters. The Kier molecular flexibility index (Phi) is 5.63. The van der Waals surface area contributed by atoms with Crippen molar-refractivity contribution in [2.75, 3.05) is 19.7 Å². The van der Waals surface area contributed by atoms with E-state index in [4.69, 9.17) is 0 Å². The summed E-state index contributed by atoms with van der Waals surface area (Å²) in [6, 6.07) is 5.69. The number of amides is 2. The average Bonchev–Trinajstić information content (AvgIpc) is 2.35. The molecule has 0 atom stereocenters. The highest BCUT2D eigenvalue weighted by molar-refractivity contribution is 5.94. The molecule has 98 valence electrons. The number of rotatable bonds is 5. The number of ether oxygens (including phenoxy) is 1. The molecule has 5 nitrogen and oxygen atoms in total. The molecule has 1 aromatic rings. The fraction of sp³-hybridized carbons (Fsp3) is 0.333. The molecule has 2 N–H and O–H groups in total. The van der Waals surface area contributed by atoms with E-state index in [1.165, 1.54) is 18.2 Å². The maximum atomic E-state index is 13.2. The highest BCUT2D eigenvalue weighted by Crippen LogP contribution is 2.05. The van der Waals surface area contributed by atoms with Gasteiger partial charge in [-0.3, -0.25) is 4.79 Å². The Bertz CT molecular complexity index is 424. The van der Waals surface area contributed by atoms with Gasteiger partial charge in [0.15, 0.2) is 0 Å². The molecule has 0 aliphatic heterocycles. The van der Waals surface area contributed by atoms with E-state index in [-0.39, 0.29) is 25.3 Å². The van der Waals surface area contributed by atoms with Gasteiger partial charge in [0.2, 0.25) is 0 Å². The minimum Gasteiger partial charge on any atom is -0.450 e. The minimum absolute atomic E-state index is 0.0198. The van der Waals surface area contributed by atoms with Gasteiger partial charge in [0, 0.05) is 13.1 Å². The molecule has 0 radical (unpaired) electrons. The average molecular weight is 254 g/mol. The van der Waals surface area contributed by atoms with Crippen molar-refractivity contribution in [2.45, 2.75) is 6.92 Å². The number of alkyl carbamates (subject to hydrolysis) is 1. The molecule has 0 saturated heterocycles. The van der Waals surface area contributed by atoms with Crippen molar-refractivity contribution in [1.29, 1.82) is 0 Å². The van der Waals surface area contributed by atoms with E-state index in [0.717, 1.165) is 0 Å². The summed E-state index contributed by atoms with van der Waals surface area (Å²) in [6.07, 6.45) is -0.544. The van der Waals surface area contributed by atoms with Gasteiger partial charge < -0.3 is 15.4 Å². The second kappa shape index (κ2) is 7.26. The molecular weight excluding hydrogens is 239 g/mol. The van der Waals surface area contributed by atoms with Gasteiger partial charge in [-0.15, -0.1) is 0 Å². The Hall–Kier alpha value is -2.11. The summed E-state index contributed by atoms with van der Waals surface area (Å²) < 4.78 is 17.9. The monoisotopic (exact) mass is 254 g/mol. The molecule has 0 aliphatic carbocycles. The van der Waals surface area contributed by atoms with Crippen molar-refractivity contribution in [3.63, 3.8) is 0 Å². The van der Waals surface area contributed by atoms with E-state index < -0.39 is 17.8 Å². The van der Waals surface area contributed by atoms with E-state index in [2.05, 4.69) is 15.4 Å². The first-order valence-electron chi connectivity index (χ1n) is 5.58. The first-order valence-corrected chi connectivity index (χ1v) is 5.58. The van der Waals surface area contributed by atoms with Crippen LogP contribution in [-0.2, 0) is 4.74 Å². The lowest BCUT2D eigenvalue weighted by atomic mass is 10.2. The molecule has 18 heavy (non-hydrogen) atoms. The summed E-state index contributed by atoms with van der Waals surface area (Å²) in [5.74, 6) is -1.09. The molecular formula is C12H15FN2O3. The van der Waals surface area contributed by atoms with Gasteiger partial charge in [-0.05, 0) is 19.1 Å². The first-order chi connectivity index (χ1) is 8.65. The number of carbonyl (C=O) groups is 2. The Morgan fingerprint density at radius 3 is 2.56 bits per heavy atom. The molecule has 0 aliphatic rings. The maximum absolute atomic E-state index is 13.2. The number of nitrogens with one attached hydrogen (secondary N) is 2. The zero-order valence-electron chi connectivity index (χ0n) is 10.0. The SMILES string of the molecule is CCOC(=O)NCCNC(=O)c1ccccc1F. The lowest BCUT2D eigenvalue weighted by molar-refractivity contribution is 0.0948. The molecule has 6 heteroatoms. The van der Waals surface area contributed by atoms with Gasteiger partial charge in [-0.1, -0.05) is 12.1 Å². The smallest absolute Gasteiger partial charge is 0.407 e. The number of halogens is 1. The van der Waals surface area contributed by atoms with E-state index in [0.29, 0.717) is 0 Å². The Morgan fingerprint density at radius 1 is 1.22 bits per heavy atom. The minimum atomic E-state index is -0.576. The van der Waals surface area contributed by atoms with Crippen LogP contribution in [0.25, 0.3) is 0 Å². The highest BCUT2D eigenvalue weighted by atomic mass is 19.1. The number of benzene rings is 1. The highest BCUT2D eigenvalue weighted by Gasteiger charge is 2.09. The van der Waals surface area contributed by atoms with E-state index in [1.54, 1.807) is 13.0 Å². The molecule has 0 heterocycles. The molecule has 1 aromatic carbocycles. The van der Waals surface area contributed by atoms with Gasteiger partial charge in [0.1, 0.15) is 5.82 Å². The summed E-state index contributed by atoms with van der Waals surface area (Å²) in [6.45, 7) is 2.40. The number of hydrogen-bond acceptors (Lipinski definition) is 3. The van der Waals surface area contributed by atoms with Gasteiger partial charge in [0.05, 0.1) is 12.2 Å². The van der Waals surface area contributed by atoms with Crippen LogP contribution in [0.5, 0.6) is 0 Å². The summed E-state index contributed by atoms with van der Waals surface area (Å²) in [5, 5.41) is 4.92. The zero-order chi connectivity index (χ0) is 13.4. The van der Waals surface area contributed by atoms with Gasteiger partial charge in [-0.2, -0.15) is 0 Å². The zero-order valence-corrected chi connectivity index (χ0v) is 10.0. The first kappa shape index (κ1) is 14.0. The van der Waals surface area contributed by atoms with Crippen molar-refractivity contribution in [3.05, 3.63) is 35.6 Å². The summed E-state index contributed by atoms with van der Waals surface area (Å²) in [4.78, 5) is 22.4. The molecule has 1 rings (SSSR count).